The Kier molecular flexibility index (Phi) is 9.21. The predicted molar refractivity (Wildman–Crippen MR) is 80.7 cm³/mol. The number of likely N-dealkylation sites (N-methyl/N-ethyl adjacent to an activating group) is 1. The van der Waals surface area contributed by atoms with Crippen molar-refractivity contribution < 1.29 is 9.90 Å². The van der Waals surface area contributed by atoms with Crippen molar-refractivity contribution in [3.05, 3.63) is 11.8 Å². The standard InChI is InChI=1S/C12H20N6.CH2O2/c1-4-5-10(18(2)3)8-16-12-15-7-9(6-13)11(14)17-12;2-1-3/h7,10H,4-5,8H2,1-3H3,(H3,14,15,16,17);1H,(H,2,3). The highest BCUT2D eigenvalue weighted by Crippen LogP contribution is 2.09. The predicted octanol–water partition coefficient (Wildman–Crippen LogP) is 0.773. The summed E-state index contributed by atoms with van der Waals surface area (Å²) in [6.07, 6.45) is 3.67. The molecule has 116 valence electrons. The van der Waals surface area contributed by atoms with Crippen LogP contribution in [0.2, 0.25) is 0 Å². The molecule has 1 aromatic rings. The lowest BCUT2D eigenvalue weighted by Gasteiger charge is -2.24. The number of carboxylic acid groups (broad SMARTS) is 1. The van der Waals surface area contributed by atoms with Crippen LogP contribution in [-0.2, 0) is 4.79 Å². The van der Waals surface area contributed by atoms with Gasteiger partial charge in [-0.3, -0.25) is 4.79 Å². The number of nitrogens with one attached hydrogen (secondary N) is 1. The summed E-state index contributed by atoms with van der Waals surface area (Å²) >= 11 is 0. The molecular formula is C13H22N6O2. The molecule has 0 aliphatic heterocycles. The van der Waals surface area contributed by atoms with Crippen LogP contribution in [0.25, 0.3) is 0 Å². The molecule has 8 heteroatoms. The highest BCUT2D eigenvalue weighted by atomic mass is 16.3. The summed E-state index contributed by atoms with van der Waals surface area (Å²) in [6.45, 7) is 2.67. The van der Waals surface area contributed by atoms with E-state index in [0.29, 0.717) is 17.6 Å². The Morgan fingerprint density at radius 1 is 1.62 bits per heavy atom. The van der Waals surface area contributed by atoms with Crippen LogP contribution < -0.4 is 11.1 Å². The number of hydrogen-bond donors (Lipinski definition) is 3. The molecule has 1 rings (SSSR count). The van der Waals surface area contributed by atoms with Gasteiger partial charge >= 0.3 is 0 Å². The van der Waals surface area contributed by atoms with Crippen molar-refractivity contribution in [1.29, 1.82) is 5.26 Å². The molecule has 8 nitrogen and oxygen atoms in total. The van der Waals surface area contributed by atoms with E-state index in [9.17, 15) is 0 Å². The van der Waals surface area contributed by atoms with Crippen molar-refractivity contribution >= 4 is 18.2 Å². The Balaban J connectivity index is 0.00000122. The number of hydrogen-bond acceptors (Lipinski definition) is 7. The third-order valence-electron chi connectivity index (χ3n) is 2.79. The molecule has 4 N–H and O–H groups in total. The summed E-state index contributed by atoms with van der Waals surface area (Å²) in [6, 6.07) is 2.37. The summed E-state index contributed by atoms with van der Waals surface area (Å²) in [5, 5.41) is 18.8. The molecular weight excluding hydrogens is 272 g/mol. The van der Waals surface area contributed by atoms with E-state index in [1.807, 2.05) is 6.07 Å². The van der Waals surface area contributed by atoms with Gasteiger partial charge in [0.25, 0.3) is 6.47 Å². The number of nitrogens with zero attached hydrogens (tertiary/aromatic N) is 4. The van der Waals surface area contributed by atoms with Gasteiger partial charge in [-0.1, -0.05) is 13.3 Å². The average Bonchev–Trinajstić information content (AvgIpc) is 2.44. The van der Waals surface area contributed by atoms with E-state index in [-0.39, 0.29) is 12.3 Å². The maximum Gasteiger partial charge on any atom is 0.290 e. The molecule has 0 saturated carbocycles. The molecule has 0 bridgehead atoms. The van der Waals surface area contributed by atoms with Gasteiger partial charge in [-0.15, -0.1) is 0 Å². The van der Waals surface area contributed by atoms with Crippen molar-refractivity contribution in [2.45, 2.75) is 25.8 Å². The lowest BCUT2D eigenvalue weighted by atomic mass is 10.1. The van der Waals surface area contributed by atoms with Crippen LogP contribution in [0.5, 0.6) is 0 Å². The van der Waals surface area contributed by atoms with E-state index < -0.39 is 0 Å². The molecule has 0 aliphatic carbocycles. The zero-order valence-electron chi connectivity index (χ0n) is 12.6. The zero-order valence-corrected chi connectivity index (χ0v) is 12.6. The molecule has 1 unspecified atom stereocenters. The number of nitrogens with two attached hydrogens (primary N) is 1. The second kappa shape index (κ2) is 10.4. The van der Waals surface area contributed by atoms with Crippen LogP contribution in [0.3, 0.4) is 0 Å². The smallest absolute Gasteiger partial charge is 0.290 e. The summed E-state index contributed by atoms with van der Waals surface area (Å²) in [4.78, 5) is 18.6. The maximum atomic E-state index is 8.73. The SMILES string of the molecule is CCCC(CNc1ncc(C#N)c(N)n1)N(C)C.O=CO. The van der Waals surface area contributed by atoms with E-state index in [1.54, 1.807) is 0 Å². The van der Waals surface area contributed by atoms with Gasteiger partial charge in [0, 0.05) is 12.6 Å². The van der Waals surface area contributed by atoms with Crippen LogP contribution in [0.15, 0.2) is 6.20 Å². The second-order valence-electron chi connectivity index (χ2n) is 4.50. The van der Waals surface area contributed by atoms with Gasteiger partial charge in [0.05, 0.1) is 6.20 Å². The minimum Gasteiger partial charge on any atom is -0.483 e. The van der Waals surface area contributed by atoms with Crippen LogP contribution in [0.1, 0.15) is 25.3 Å². The molecule has 0 aliphatic rings. The molecule has 0 spiro atoms. The Morgan fingerprint density at radius 3 is 2.67 bits per heavy atom. The fourth-order valence-corrected chi connectivity index (χ4v) is 1.65. The topological polar surface area (TPSA) is 128 Å². The van der Waals surface area contributed by atoms with E-state index in [0.717, 1.165) is 19.4 Å². The van der Waals surface area contributed by atoms with E-state index in [2.05, 4.69) is 41.2 Å². The lowest BCUT2D eigenvalue weighted by molar-refractivity contribution is -0.122. The van der Waals surface area contributed by atoms with Crippen LogP contribution >= 0.6 is 0 Å². The molecule has 0 saturated heterocycles. The van der Waals surface area contributed by atoms with Gasteiger partial charge < -0.3 is 21.1 Å². The lowest BCUT2D eigenvalue weighted by Crippen LogP contribution is -2.34. The van der Waals surface area contributed by atoms with Crippen LogP contribution in [-0.4, -0.2) is 53.1 Å². The van der Waals surface area contributed by atoms with E-state index in [4.69, 9.17) is 20.9 Å². The highest BCUT2D eigenvalue weighted by molar-refractivity contribution is 5.49. The molecule has 1 heterocycles. The highest BCUT2D eigenvalue weighted by Gasteiger charge is 2.11. The van der Waals surface area contributed by atoms with Gasteiger partial charge in [0.2, 0.25) is 5.95 Å². The first kappa shape index (κ1) is 18.6. The number of rotatable bonds is 6. The van der Waals surface area contributed by atoms with Crippen LogP contribution in [0, 0.1) is 11.3 Å². The second-order valence-corrected chi connectivity index (χ2v) is 4.50. The molecule has 0 aromatic carbocycles. The summed E-state index contributed by atoms with van der Waals surface area (Å²) in [5.74, 6) is 0.682. The average molecular weight is 294 g/mol. The maximum absolute atomic E-state index is 8.73. The van der Waals surface area contributed by atoms with Crippen molar-refractivity contribution in [3.8, 4) is 6.07 Å². The number of carbonyl (C=O) groups is 1. The van der Waals surface area contributed by atoms with Crippen molar-refractivity contribution in [2.24, 2.45) is 0 Å². The minimum absolute atomic E-state index is 0.215. The Hall–Kier alpha value is -2.40. The van der Waals surface area contributed by atoms with E-state index in [1.165, 1.54) is 6.20 Å². The van der Waals surface area contributed by atoms with Crippen molar-refractivity contribution in [3.63, 3.8) is 0 Å². The Morgan fingerprint density at radius 2 is 2.24 bits per heavy atom. The van der Waals surface area contributed by atoms with E-state index >= 15 is 0 Å². The third kappa shape index (κ3) is 7.08. The van der Waals surface area contributed by atoms with Gasteiger partial charge in [0.1, 0.15) is 17.5 Å². The first-order chi connectivity index (χ1) is 9.99. The van der Waals surface area contributed by atoms with Gasteiger partial charge in [-0.25, -0.2) is 4.98 Å². The number of nitriles is 1. The summed E-state index contributed by atoms with van der Waals surface area (Å²) in [5.41, 5.74) is 5.94. The van der Waals surface area contributed by atoms with Crippen LogP contribution in [0.4, 0.5) is 11.8 Å². The molecule has 0 fully saturated rings. The normalized spacial score (nSPS) is 11.0. The third-order valence-corrected chi connectivity index (χ3v) is 2.79. The van der Waals surface area contributed by atoms with Crippen molar-refractivity contribution in [2.75, 3.05) is 31.7 Å². The summed E-state index contributed by atoms with van der Waals surface area (Å²) < 4.78 is 0. The molecule has 21 heavy (non-hydrogen) atoms. The molecule has 0 radical (unpaired) electrons. The number of aromatic nitrogens is 2. The molecule has 1 aromatic heterocycles. The monoisotopic (exact) mass is 294 g/mol. The fraction of sp³-hybridized carbons (Fsp3) is 0.538. The Bertz CT molecular complexity index is 472. The largest absolute Gasteiger partial charge is 0.483 e. The minimum atomic E-state index is -0.250. The fourth-order valence-electron chi connectivity index (χ4n) is 1.65. The first-order valence-electron chi connectivity index (χ1n) is 6.50. The zero-order chi connectivity index (χ0) is 16.3. The van der Waals surface area contributed by atoms with Gasteiger partial charge in [0.15, 0.2) is 0 Å². The number of anilines is 2. The van der Waals surface area contributed by atoms with Gasteiger partial charge in [-0.05, 0) is 20.5 Å². The molecule has 1 atom stereocenters. The van der Waals surface area contributed by atoms with Gasteiger partial charge in [-0.2, -0.15) is 10.2 Å². The quantitative estimate of drug-likeness (QED) is 0.656. The number of nitrogen functional groups attached to an aromatic ring is 1. The summed E-state index contributed by atoms with van der Waals surface area (Å²) in [7, 11) is 4.10. The molecule has 0 amide bonds. The first-order valence-corrected chi connectivity index (χ1v) is 6.50. The Labute approximate surface area is 124 Å². The van der Waals surface area contributed by atoms with Crippen molar-refractivity contribution in [1.82, 2.24) is 14.9 Å².